The molecule has 0 radical (unpaired) electrons. The minimum Gasteiger partial charge on any atom is -0.296 e. The third kappa shape index (κ3) is 2.61. The molecule has 0 bridgehead atoms. The Hall–Kier alpha value is -1.68. The van der Waals surface area contributed by atoms with Gasteiger partial charge in [-0.1, -0.05) is 52.3 Å². The first-order valence-electron chi connectivity index (χ1n) is 6.67. The molecule has 3 nitrogen and oxygen atoms in total. The monoisotopic (exact) mass is 330 g/mol. The first-order chi connectivity index (χ1) is 9.78. The lowest BCUT2D eigenvalue weighted by atomic mass is 10.1. The van der Waals surface area contributed by atoms with Gasteiger partial charge in [0.05, 0.1) is 5.69 Å². The van der Waals surface area contributed by atoms with E-state index in [0.29, 0.717) is 12.3 Å². The van der Waals surface area contributed by atoms with Gasteiger partial charge < -0.3 is 0 Å². The lowest BCUT2D eigenvalue weighted by Crippen LogP contribution is -2.25. The quantitative estimate of drug-likeness (QED) is 0.807. The number of amides is 1. The van der Waals surface area contributed by atoms with E-state index >= 15 is 0 Å². The molecule has 0 spiro atoms. The Morgan fingerprint density at radius 3 is 2.65 bits per heavy atom. The maximum absolute atomic E-state index is 12.1. The topological polar surface area (TPSA) is 33.2 Å². The average Bonchev–Trinajstić information content (AvgIpc) is 2.89. The van der Waals surface area contributed by atoms with Crippen LogP contribution in [0.2, 0.25) is 0 Å². The van der Waals surface area contributed by atoms with Gasteiger partial charge in [0.1, 0.15) is 5.82 Å². The SMILES string of the molecule is O=C1CC(CBr)CN1c1cccc(-c2ccccc2)n1. The third-order valence-corrected chi connectivity index (χ3v) is 4.42. The van der Waals surface area contributed by atoms with Gasteiger partial charge in [0.2, 0.25) is 5.91 Å². The Morgan fingerprint density at radius 2 is 1.95 bits per heavy atom. The van der Waals surface area contributed by atoms with Crippen molar-refractivity contribution in [2.24, 2.45) is 5.92 Å². The summed E-state index contributed by atoms with van der Waals surface area (Å²) in [4.78, 5) is 18.5. The largest absolute Gasteiger partial charge is 0.296 e. The van der Waals surface area contributed by atoms with Crippen LogP contribution in [0.25, 0.3) is 11.3 Å². The summed E-state index contributed by atoms with van der Waals surface area (Å²) in [6, 6.07) is 15.9. The highest BCUT2D eigenvalue weighted by molar-refractivity contribution is 9.09. The van der Waals surface area contributed by atoms with Crippen LogP contribution in [0.1, 0.15) is 6.42 Å². The molecule has 0 N–H and O–H groups in total. The van der Waals surface area contributed by atoms with Gasteiger partial charge in [-0.2, -0.15) is 0 Å². The van der Waals surface area contributed by atoms with Gasteiger partial charge in [0, 0.05) is 23.9 Å². The highest BCUT2D eigenvalue weighted by atomic mass is 79.9. The van der Waals surface area contributed by atoms with Crippen LogP contribution in [0.5, 0.6) is 0 Å². The zero-order valence-electron chi connectivity index (χ0n) is 11.0. The van der Waals surface area contributed by atoms with E-state index in [4.69, 9.17) is 0 Å². The first-order valence-corrected chi connectivity index (χ1v) is 7.79. The summed E-state index contributed by atoms with van der Waals surface area (Å²) in [5, 5.41) is 0.855. The summed E-state index contributed by atoms with van der Waals surface area (Å²) < 4.78 is 0. The van der Waals surface area contributed by atoms with Gasteiger partial charge in [0.15, 0.2) is 0 Å². The normalized spacial score (nSPS) is 18.6. The number of benzene rings is 1. The second-order valence-corrected chi connectivity index (χ2v) is 5.62. The minimum absolute atomic E-state index is 0.159. The zero-order valence-corrected chi connectivity index (χ0v) is 12.6. The number of alkyl halides is 1. The molecule has 1 aliphatic rings. The number of halogens is 1. The number of carbonyl (C=O) groups is 1. The predicted molar refractivity (Wildman–Crippen MR) is 83.9 cm³/mol. The predicted octanol–water partition coefficient (Wildman–Crippen LogP) is 3.50. The molecule has 0 aliphatic carbocycles. The van der Waals surface area contributed by atoms with E-state index in [2.05, 4.69) is 20.9 Å². The molecular weight excluding hydrogens is 316 g/mol. The fourth-order valence-corrected chi connectivity index (χ4v) is 2.88. The van der Waals surface area contributed by atoms with Gasteiger partial charge in [-0.15, -0.1) is 0 Å². The van der Waals surface area contributed by atoms with Crippen molar-refractivity contribution in [3.05, 3.63) is 48.5 Å². The molecule has 2 aromatic rings. The lowest BCUT2D eigenvalue weighted by Gasteiger charge is -2.16. The van der Waals surface area contributed by atoms with E-state index in [1.807, 2.05) is 48.5 Å². The summed E-state index contributed by atoms with van der Waals surface area (Å²) in [6.45, 7) is 0.745. The second-order valence-electron chi connectivity index (χ2n) is 4.98. The van der Waals surface area contributed by atoms with Gasteiger partial charge in [-0.3, -0.25) is 9.69 Å². The second kappa shape index (κ2) is 5.75. The number of carbonyl (C=O) groups excluding carboxylic acids is 1. The molecular formula is C16H15BrN2O. The highest BCUT2D eigenvalue weighted by Gasteiger charge is 2.30. The molecule has 102 valence electrons. The summed E-state index contributed by atoms with van der Waals surface area (Å²) in [6.07, 6.45) is 0.600. The van der Waals surface area contributed by atoms with Crippen LogP contribution in [-0.4, -0.2) is 22.8 Å². The van der Waals surface area contributed by atoms with Crippen molar-refractivity contribution in [1.82, 2.24) is 4.98 Å². The molecule has 1 saturated heterocycles. The number of hydrogen-bond acceptors (Lipinski definition) is 2. The summed E-state index contributed by atoms with van der Waals surface area (Å²) in [5.74, 6) is 1.29. The number of pyridine rings is 1. The first kappa shape index (κ1) is 13.3. The van der Waals surface area contributed by atoms with Crippen LogP contribution >= 0.6 is 15.9 Å². The molecule has 4 heteroatoms. The van der Waals surface area contributed by atoms with Crippen molar-refractivity contribution in [1.29, 1.82) is 0 Å². The Kier molecular flexibility index (Phi) is 3.83. The maximum Gasteiger partial charge on any atom is 0.228 e. The van der Waals surface area contributed by atoms with E-state index in [9.17, 15) is 4.79 Å². The van der Waals surface area contributed by atoms with E-state index in [0.717, 1.165) is 29.0 Å². The molecule has 1 amide bonds. The minimum atomic E-state index is 0.159. The smallest absolute Gasteiger partial charge is 0.228 e. The van der Waals surface area contributed by atoms with E-state index in [1.165, 1.54) is 0 Å². The Balaban J connectivity index is 1.91. The van der Waals surface area contributed by atoms with Crippen LogP contribution in [0.15, 0.2) is 48.5 Å². The number of hydrogen-bond donors (Lipinski definition) is 0. The van der Waals surface area contributed by atoms with Crippen molar-refractivity contribution < 1.29 is 4.79 Å². The lowest BCUT2D eigenvalue weighted by molar-refractivity contribution is -0.117. The molecule has 1 unspecified atom stereocenters. The maximum atomic E-state index is 12.1. The van der Waals surface area contributed by atoms with Crippen molar-refractivity contribution in [3.8, 4) is 11.3 Å². The molecule has 2 heterocycles. The zero-order chi connectivity index (χ0) is 13.9. The molecule has 3 rings (SSSR count). The number of aromatic nitrogens is 1. The summed E-state index contributed by atoms with van der Waals surface area (Å²) in [7, 11) is 0. The number of rotatable bonds is 3. The Labute approximate surface area is 126 Å². The van der Waals surface area contributed by atoms with Crippen LogP contribution < -0.4 is 4.90 Å². The summed E-state index contributed by atoms with van der Waals surface area (Å²) >= 11 is 3.46. The fraction of sp³-hybridized carbons (Fsp3) is 0.250. The van der Waals surface area contributed by atoms with Gasteiger partial charge >= 0.3 is 0 Å². The van der Waals surface area contributed by atoms with Crippen molar-refractivity contribution in [2.75, 3.05) is 16.8 Å². The molecule has 1 aromatic heterocycles. The highest BCUT2D eigenvalue weighted by Crippen LogP contribution is 2.26. The van der Waals surface area contributed by atoms with Crippen LogP contribution in [0.3, 0.4) is 0 Å². The van der Waals surface area contributed by atoms with Crippen molar-refractivity contribution >= 4 is 27.7 Å². The van der Waals surface area contributed by atoms with Crippen molar-refractivity contribution in [3.63, 3.8) is 0 Å². The third-order valence-electron chi connectivity index (χ3n) is 3.50. The van der Waals surface area contributed by atoms with Crippen LogP contribution in [0, 0.1) is 5.92 Å². The fourth-order valence-electron chi connectivity index (χ4n) is 2.45. The Bertz CT molecular complexity index is 615. The number of anilines is 1. The van der Waals surface area contributed by atoms with Gasteiger partial charge in [0.25, 0.3) is 0 Å². The molecule has 0 saturated carbocycles. The molecule has 20 heavy (non-hydrogen) atoms. The summed E-state index contributed by atoms with van der Waals surface area (Å²) in [5.41, 5.74) is 1.97. The number of nitrogens with zero attached hydrogens (tertiary/aromatic N) is 2. The van der Waals surface area contributed by atoms with Crippen LogP contribution in [0.4, 0.5) is 5.82 Å². The van der Waals surface area contributed by atoms with E-state index in [1.54, 1.807) is 4.90 Å². The van der Waals surface area contributed by atoms with Crippen LogP contribution in [-0.2, 0) is 4.79 Å². The van der Waals surface area contributed by atoms with Gasteiger partial charge in [-0.05, 0) is 18.1 Å². The molecule has 1 aliphatic heterocycles. The van der Waals surface area contributed by atoms with E-state index in [-0.39, 0.29) is 5.91 Å². The standard InChI is InChI=1S/C16H15BrN2O/c17-10-12-9-16(20)19(11-12)15-8-4-7-14(18-15)13-5-2-1-3-6-13/h1-8,12H,9-11H2. The van der Waals surface area contributed by atoms with Gasteiger partial charge in [-0.25, -0.2) is 4.98 Å². The average molecular weight is 331 g/mol. The van der Waals surface area contributed by atoms with E-state index < -0.39 is 0 Å². The molecule has 1 aromatic carbocycles. The molecule has 1 atom stereocenters. The van der Waals surface area contributed by atoms with Crippen molar-refractivity contribution in [2.45, 2.75) is 6.42 Å². The molecule has 1 fully saturated rings. The Morgan fingerprint density at radius 1 is 1.15 bits per heavy atom.